The van der Waals surface area contributed by atoms with E-state index in [2.05, 4.69) is 35.2 Å². The second kappa shape index (κ2) is 7.27. The Bertz CT molecular complexity index is 322. The van der Waals surface area contributed by atoms with E-state index in [9.17, 15) is 0 Å². The van der Waals surface area contributed by atoms with Crippen molar-refractivity contribution in [1.29, 1.82) is 0 Å². The highest BCUT2D eigenvalue weighted by atomic mass is 35.5. The zero-order chi connectivity index (χ0) is 11.9. The third-order valence-corrected chi connectivity index (χ3v) is 4.27. The van der Waals surface area contributed by atoms with E-state index < -0.39 is 0 Å². The minimum Gasteiger partial charge on any atom is -0.378 e. The number of nitrogens with zero attached hydrogens (tertiary/aromatic N) is 1. The van der Waals surface area contributed by atoms with Gasteiger partial charge in [0.25, 0.3) is 0 Å². The maximum Gasteiger partial charge on any atom is 0.0634 e. The lowest BCUT2D eigenvalue weighted by Gasteiger charge is -2.34. The summed E-state index contributed by atoms with van der Waals surface area (Å²) in [5.74, 6) is 1.77. The Labute approximate surface area is 112 Å². The number of halogens is 1. The average molecular weight is 272 g/mol. The van der Waals surface area contributed by atoms with Crippen molar-refractivity contribution in [1.82, 2.24) is 4.90 Å². The van der Waals surface area contributed by atoms with Crippen molar-refractivity contribution in [3.05, 3.63) is 30.3 Å². The molecule has 1 saturated heterocycles. The largest absolute Gasteiger partial charge is 0.378 e. The van der Waals surface area contributed by atoms with Crippen LogP contribution in [0, 0.1) is 0 Å². The molecule has 0 saturated carbocycles. The molecule has 0 N–H and O–H groups in total. The number of hydrogen-bond acceptors (Lipinski definition) is 3. The molecule has 1 atom stereocenters. The van der Waals surface area contributed by atoms with Crippen molar-refractivity contribution in [2.45, 2.75) is 10.9 Å². The van der Waals surface area contributed by atoms with Gasteiger partial charge in [0.2, 0.25) is 0 Å². The summed E-state index contributed by atoms with van der Waals surface area (Å²) < 4.78 is 5.43. The lowest BCUT2D eigenvalue weighted by Crippen LogP contribution is -2.47. The highest BCUT2D eigenvalue weighted by molar-refractivity contribution is 7.99. The van der Waals surface area contributed by atoms with Gasteiger partial charge in [0.15, 0.2) is 0 Å². The molecule has 0 bridgehead atoms. The third-order valence-electron chi connectivity index (χ3n) is 2.92. The van der Waals surface area contributed by atoms with Gasteiger partial charge in [-0.05, 0) is 12.1 Å². The minimum atomic E-state index is 0.391. The molecule has 4 heteroatoms. The molecule has 1 unspecified atom stereocenters. The number of morpholine rings is 1. The van der Waals surface area contributed by atoms with Gasteiger partial charge < -0.3 is 4.74 Å². The minimum absolute atomic E-state index is 0.391. The smallest absolute Gasteiger partial charge is 0.0634 e. The van der Waals surface area contributed by atoms with E-state index in [0.29, 0.717) is 11.9 Å². The summed E-state index contributed by atoms with van der Waals surface area (Å²) in [5.41, 5.74) is 0. The molecule has 1 aliphatic rings. The fraction of sp³-hybridized carbons (Fsp3) is 0.538. The van der Waals surface area contributed by atoms with Gasteiger partial charge in [0, 0.05) is 35.7 Å². The molecule has 1 fully saturated rings. The summed E-state index contributed by atoms with van der Waals surface area (Å²) >= 11 is 7.84. The predicted octanol–water partition coefficient (Wildman–Crippen LogP) is 2.72. The maximum absolute atomic E-state index is 5.94. The van der Waals surface area contributed by atoms with Crippen molar-refractivity contribution in [3.8, 4) is 0 Å². The first-order chi connectivity index (χ1) is 8.40. The number of hydrogen-bond donors (Lipinski definition) is 0. The van der Waals surface area contributed by atoms with Crippen LogP contribution in [-0.4, -0.2) is 48.9 Å². The second-order valence-electron chi connectivity index (χ2n) is 4.08. The fourth-order valence-corrected chi connectivity index (χ4v) is 3.12. The molecule has 1 aromatic carbocycles. The number of benzene rings is 1. The highest BCUT2D eigenvalue weighted by Gasteiger charge is 2.21. The molecule has 1 aromatic rings. The van der Waals surface area contributed by atoms with Gasteiger partial charge in [-0.2, -0.15) is 0 Å². The van der Waals surface area contributed by atoms with E-state index in [-0.39, 0.29) is 0 Å². The standard InChI is InChI=1S/C13H18ClNOS/c14-10-12-11-16-8-6-15(12)7-9-17-13-4-2-1-3-5-13/h1-5,12H,6-11H2. The van der Waals surface area contributed by atoms with Gasteiger partial charge in [-0.15, -0.1) is 23.4 Å². The zero-order valence-corrected chi connectivity index (χ0v) is 11.4. The summed E-state index contributed by atoms with van der Waals surface area (Å²) in [7, 11) is 0. The van der Waals surface area contributed by atoms with Crippen LogP contribution in [0.25, 0.3) is 0 Å². The summed E-state index contributed by atoms with van der Waals surface area (Å²) in [4.78, 5) is 3.77. The van der Waals surface area contributed by atoms with E-state index in [4.69, 9.17) is 16.3 Å². The first-order valence-electron chi connectivity index (χ1n) is 5.96. The van der Waals surface area contributed by atoms with Crippen molar-refractivity contribution >= 4 is 23.4 Å². The van der Waals surface area contributed by atoms with Gasteiger partial charge in [0.1, 0.15) is 0 Å². The van der Waals surface area contributed by atoms with Gasteiger partial charge >= 0.3 is 0 Å². The van der Waals surface area contributed by atoms with Gasteiger partial charge in [-0.3, -0.25) is 4.90 Å². The summed E-state index contributed by atoms with van der Waals surface area (Å²) in [6, 6.07) is 10.9. The lowest BCUT2D eigenvalue weighted by atomic mass is 10.2. The number of rotatable bonds is 5. The lowest BCUT2D eigenvalue weighted by molar-refractivity contribution is 0.00430. The van der Waals surface area contributed by atoms with Crippen LogP contribution in [0.1, 0.15) is 0 Å². The molecule has 0 aliphatic carbocycles. The number of thioether (sulfide) groups is 1. The SMILES string of the molecule is ClCC1COCCN1CCSc1ccccc1. The molecule has 17 heavy (non-hydrogen) atoms. The van der Waals surface area contributed by atoms with E-state index in [0.717, 1.165) is 32.1 Å². The molecule has 0 amide bonds. The molecular weight excluding hydrogens is 254 g/mol. The number of alkyl halides is 1. The molecule has 2 rings (SSSR count). The van der Waals surface area contributed by atoms with Crippen molar-refractivity contribution in [2.75, 3.05) is 37.9 Å². The monoisotopic (exact) mass is 271 g/mol. The average Bonchev–Trinajstić information content (AvgIpc) is 2.40. The van der Waals surface area contributed by atoms with Gasteiger partial charge in [-0.25, -0.2) is 0 Å². The fourth-order valence-electron chi connectivity index (χ4n) is 1.92. The molecule has 0 spiro atoms. The Morgan fingerprint density at radius 2 is 2.18 bits per heavy atom. The van der Waals surface area contributed by atoms with E-state index in [1.807, 2.05) is 11.8 Å². The van der Waals surface area contributed by atoms with Crippen molar-refractivity contribution < 1.29 is 4.74 Å². The Hall–Kier alpha value is -0.220. The summed E-state index contributed by atoms with van der Waals surface area (Å²) in [6.07, 6.45) is 0. The van der Waals surface area contributed by atoms with Crippen molar-refractivity contribution in [3.63, 3.8) is 0 Å². The third kappa shape index (κ3) is 4.18. The maximum atomic E-state index is 5.94. The second-order valence-corrected chi connectivity index (χ2v) is 5.56. The van der Waals surface area contributed by atoms with Crippen LogP contribution in [0.4, 0.5) is 0 Å². The van der Waals surface area contributed by atoms with Crippen LogP contribution < -0.4 is 0 Å². The van der Waals surface area contributed by atoms with E-state index in [1.54, 1.807) is 0 Å². The molecule has 2 nitrogen and oxygen atoms in total. The summed E-state index contributed by atoms with van der Waals surface area (Å²) in [6.45, 7) is 3.70. The molecular formula is C13H18ClNOS. The molecule has 0 radical (unpaired) electrons. The van der Waals surface area contributed by atoms with Crippen molar-refractivity contribution in [2.24, 2.45) is 0 Å². The Morgan fingerprint density at radius 3 is 2.94 bits per heavy atom. The molecule has 0 aromatic heterocycles. The first kappa shape index (κ1) is 13.2. The molecule has 1 aliphatic heterocycles. The van der Waals surface area contributed by atoms with Crippen LogP contribution >= 0.6 is 23.4 Å². The Balaban J connectivity index is 1.74. The van der Waals surface area contributed by atoms with Crippen LogP contribution in [0.2, 0.25) is 0 Å². The topological polar surface area (TPSA) is 12.5 Å². The Morgan fingerprint density at radius 1 is 1.35 bits per heavy atom. The first-order valence-corrected chi connectivity index (χ1v) is 7.48. The predicted molar refractivity (Wildman–Crippen MR) is 74.1 cm³/mol. The van der Waals surface area contributed by atoms with E-state index in [1.165, 1.54) is 4.90 Å². The van der Waals surface area contributed by atoms with Crippen LogP contribution in [0.3, 0.4) is 0 Å². The summed E-state index contributed by atoms with van der Waals surface area (Å²) in [5, 5.41) is 0. The number of ether oxygens (including phenoxy) is 1. The zero-order valence-electron chi connectivity index (χ0n) is 9.85. The highest BCUT2D eigenvalue weighted by Crippen LogP contribution is 2.18. The van der Waals surface area contributed by atoms with Gasteiger partial charge in [0.05, 0.1) is 13.2 Å². The molecule has 1 heterocycles. The molecule has 94 valence electrons. The van der Waals surface area contributed by atoms with Crippen LogP contribution in [0.15, 0.2) is 35.2 Å². The van der Waals surface area contributed by atoms with Gasteiger partial charge in [-0.1, -0.05) is 18.2 Å². The quantitative estimate of drug-likeness (QED) is 0.604. The normalized spacial score (nSPS) is 21.6. The van der Waals surface area contributed by atoms with Crippen LogP contribution in [0.5, 0.6) is 0 Å². The van der Waals surface area contributed by atoms with E-state index >= 15 is 0 Å². The Kier molecular flexibility index (Phi) is 5.65. The van der Waals surface area contributed by atoms with Crippen LogP contribution in [-0.2, 0) is 4.74 Å².